The number of fused-ring (bicyclic) bond motifs is 13. The molecule has 0 aromatic heterocycles. The Labute approximate surface area is 704 Å². The van der Waals surface area contributed by atoms with Crippen molar-refractivity contribution in [2.24, 2.45) is 0 Å². The summed E-state index contributed by atoms with van der Waals surface area (Å²) >= 11 is 0. The third-order valence-corrected chi connectivity index (χ3v) is 27.9. The zero-order chi connectivity index (χ0) is 79.9. The van der Waals surface area contributed by atoms with Gasteiger partial charge in [-0.1, -0.05) is 403 Å². The van der Waals surface area contributed by atoms with Crippen molar-refractivity contribution < 1.29 is 0 Å². The molecule has 0 N–H and O–H groups in total. The van der Waals surface area contributed by atoms with Gasteiger partial charge >= 0.3 is 0 Å². The fourth-order valence-electron chi connectivity index (χ4n) is 23.2. The predicted molar refractivity (Wildman–Crippen MR) is 496 cm³/mol. The highest BCUT2D eigenvalue weighted by molar-refractivity contribution is 5.96. The van der Waals surface area contributed by atoms with Crippen molar-refractivity contribution in [3.63, 3.8) is 0 Å². The van der Waals surface area contributed by atoms with Crippen molar-refractivity contribution in [2.75, 3.05) is 9.80 Å². The molecule has 0 spiro atoms. The van der Waals surface area contributed by atoms with Gasteiger partial charge in [0.2, 0.25) is 0 Å². The summed E-state index contributed by atoms with van der Waals surface area (Å²) in [6.45, 7) is 7.51. The van der Waals surface area contributed by atoms with E-state index in [4.69, 9.17) is 0 Å². The van der Waals surface area contributed by atoms with Gasteiger partial charge in [-0.2, -0.15) is 0 Å². The van der Waals surface area contributed by atoms with Gasteiger partial charge in [-0.25, -0.2) is 0 Å². The van der Waals surface area contributed by atoms with Crippen LogP contribution in [0.15, 0.2) is 455 Å². The van der Waals surface area contributed by atoms with Crippen LogP contribution in [0.1, 0.15) is 133 Å². The fourth-order valence-corrected chi connectivity index (χ4v) is 23.2. The van der Waals surface area contributed by atoms with Crippen LogP contribution in [0.25, 0.3) is 44.5 Å². The first-order valence-corrected chi connectivity index (χ1v) is 42.4. The Hall–Kier alpha value is -14.4. The molecule has 2 nitrogen and oxygen atoms in total. The van der Waals surface area contributed by atoms with E-state index in [1.807, 2.05) is 0 Å². The smallest absolute Gasteiger partial charge is 0.0714 e. The molecule has 0 amide bonds. The summed E-state index contributed by atoms with van der Waals surface area (Å²) < 4.78 is 0. The summed E-state index contributed by atoms with van der Waals surface area (Å²) in [5.74, 6) is 0. The van der Waals surface area contributed by atoms with Gasteiger partial charge in [0.1, 0.15) is 0 Å². The van der Waals surface area contributed by atoms with Crippen LogP contribution in [0.5, 0.6) is 0 Å². The molecule has 0 radical (unpaired) electrons. The van der Waals surface area contributed by atoms with E-state index in [-0.39, 0.29) is 5.41 Å². The van der Waals surface area contributed by atoms with Crippen LogP contribution in [0.3, 0.4) is 0 Å². The molecule has 5 aliphatic carbocycles. The third kappa shape index (κ3) is 10.1. The van der Waals surface area contributed by atoms with E-state index in [2.05, 4.69) is 486 Å². The van der Waals surface area contributed by atoms with E-state index in [9.17, 15) is 0 Å². The number of nitrogens with zero attached hydrogens (tertiary/aromatic N) is 2. The molecule has 0 aliphatic heterocycles. The molecule has 0 fully saturated rings. The van der Waals surface area contributed by atoms with E-state index < -0.39 is 27.1 Å². The second-order valence-corrected chi connectivity index (χ2v) is 34.4. The van der Waals surface area contributed by atoms with Gasteiger partial charge in [-0.15, -0.1) is 0 Å². The quantitative estimate of drug-likeness (QED) is 0.101. The van der Waals surface area contributed by atoms with E-state index in [1.54, 1.807) is 0 Å². The second-order valence-electron chi connectivity index (χ2n) is 34.4. The number of hydrogen-bond acceptors (Lipinski definition) is 2. The summed E-state index contributed by atoms with van der Waals surface area (Å²) in [7, 11) is 0. The lowest BCUT2D eigenvalue weighted by molar-refractivity contribution is 0.425. The topological polar surface area (TPSA) is 6.48 Å². The SMILES string of the molecule is CC1(C)CC(C)(c2cccc(N(c3ccc4c(c3)C(c3ccccc3)(c3ccccc3)c3ccccc3-4)c3ccc4c(c3)C(c3ccccc3)(c3ccccc3)c3ccccc3-4)c2)c2ccc(N(c3ccc4c(c3)C(c3ccccc3)(c3ccccc3)c3ccccc3-4)c3ccc4c(c3)C(c3ccccc3)(c3ccccc3)c3ccccc3-4)cc21. The highest BCUT2D eigenvalue weighted by Crippen LogP contribution is 2.64. The van der Waals surface area contributed by atoms with Crippen LogP contribution < -0.4 is 9.80 Å². The van der Waals surface area contributed by atoms with Gasteiger partial charge in [0.25, 0.3) is 0 Å². The Morgan fingerprint density at radius 2 is 0.367 bits per heavy atom. The lowest BCUT2D eigenvalue weighted by atomic mass is 9.67. The minimum absolute atomic E-state index is 0.285. The van der Waals surface area contributed by atoms with Crippen LogP contribution >= 0.6 is 0 Å². The molecular formula is C118H86N2. The number of rotatable bonds is 15. The third-order valence-electron chi connectivity index (χ3n) is 27.9. The first kappa shape index (κ1) is 70.9. The highest BCUT2D eigenvalue weighted by atomic mass is 15.2. The van der Waals surface area contributed by atoms with Crippen LogP contribution in [0.4, 0.5) is 34.1 Å². The molecule has 120 heavy (non-hydrogen) atoms. The monoisotopic (exact) mass is 1530 g/mol. The zero-order valence-corrected chi connectivity index (χ0v) is 67.4. The molecule has 1 unspecified atom stereocenters. The minimum atomic E-state index is -0.628. The maximum Gasteiger partial charge on any atom is 0.0714 e. The average Bonchev–Trinajstić information content (AvgIpc) is 1.54. The first-order valence-electron chi connectivity index (χ1n) is 42.4. The molecule has 18 aromatic carbocycles. The van der Waals surface area contributed by atoms with E-state index >= 15 is 0 Å². The van der Waals surface area contributed by atoms with Crippen molar-refractivity contribution in [1.29, 1.82) is 0 Å². The van der Waals surface area contributed by atoms with Crippen LogP contribution in [-0.2, 0) is 32.5 Å². The van der Waals surface area contributed by atoms with E-state index in [1.165, 1.54) is 150 Å². The molecule has 1 atom stereocenters. The van der Waals surface area contributed by atoms with Crippen molar-refractivity contribution in [1.82, 2.24) is 0 Å². The Bertz CT molecular complexity index is 6510. The van der Waals surface area contributed by atoms with E-state index in [0.29, 0.717) is 0 Å². The van der Waals surface area contributed by atoms with Crippen LogP contribution in [-0.4, -0.2) is 0 Å². The van der Waals surface area contributed by atoms with Crippen molar-refractivity contribution >= 4 is 34.1 Å². The van der Waals surface area contributed by atoms with Gasteiger partial charge in [0, 0.05) is 39.5 Å². The number of anilines is 6. The molecule has 18 aromatic rings. The van der Waals surface area contributed by atoms with E-state index in [0.717, 1.165) is 40.5 Å². The number of hydrogen-bond donors (Lipinski definition) is 0. The average molecular weight is 1530 g/mol. The lowest BCUT2D eigenvalue weighted by Crippen LogP contribution is -2.29. The Morgan fingerprint density at radius 3 is 0.633 bits per heavy atom. The largest absolute Gasteiger partial charge is 0.310 e. The standard InChI is InChI=1S/C118H86N2/c1-113(2)79-114(3,88-53-36-54-89(73-88)119(90-63-68-99-95-55-28-32-59-103(95)115(108(99)74-90,80-37-12-4-13-38-80)81-39-14-5-15-40-81)91-64-69-100-96-56-29-33-60-104(96)116(109(100)75-91,82-41-16-6-17-42-82)83-43-18-7-19-44-83)107-72-67-94(78-112(107)113)120(92-65-70-101-97-57-30-34-61-105(97)117(110(101)76-92,84-45-20-8-21-46-84)85-47-22-9-23-48-85)93-66-71-102-98-58-31-35-62-106(98)118(111(102)77-93,86-49-24-10-25-50-86)87-51-26-11-27-52-87/h4-78H,79H2,1-3H3. The summed E-state index contributed by atoms with van der Waals surface area (Å²) in [5, 5.41) is 0. The molecule has 568 valence electrons. The molecule has 0 saturated carbocycles. The van der Waals surface area contributed by atoms with Gasteiger partial charge in [-0.3, -0.25) is 0 Å². The normalized spacial score (nSPS) is 16.1. The molecule has 23 rings (SSSR count). The maximum absolute atomic E-state index is 2.59. The lowest BCUT2D eigenvalue weighted by Gasteiger charge is -2.36. The summed E-state index contributed by atoms with van der Waals surface area (Å²) in [4.78, 5) is 5.18. The summed E-state index contributed by atoms with van der Waals surface area (Å²) in [5.41, 5.74) is 37.3. The van der Waals surface area contributed by atoms with Crippen LogP contribution in [0, 0.1) is 0 Å². The van der Waals surface area contributed by atoms with Crippen LogP contribution in [0.2, 0.25) is 0 Å². The molecule has 0 bridgehead atoms. The molecule has 0 saturated heterocycles. The maximum atomic E-state index is 2.59. The van der Waals surface area contributed by atoms with Gasteiger partial charge in [-0.05, 0) is 235 Å². The second kappa shape index (κ2) is 27.3. The first-order chi connectivity index (χ1) is 59.1. The summed E-state index contributed by atoms with van der Waals surface area (Å²) in [6.07, 6.45) is 0.880. The predicted octanol–water partition coefficient (Wildman–Crippen LogP) is 29.1. The number of benzene rings is 18. The highest BCUT2D eigenvalue weighted by Gasteiger charge is 2.53. The van der Waals surface area contributed by atoms with Crippen molar-refractivity contribution in [3.8, 4) is 44.5 Å². The van der Waals surface area contributed by atoms with Crippen molar-refractivity contribution in [3.05, 3.63) is 561 Å². The molecule has 2 heteroatoms. The minimum Gasteiger partial charge on any atom is -0.310 e. The molecular weight excluding hydrogens is 1450 g/mol. The Kier molecular flexibility index (Phi) is 16.2. The summed E-state index contributed by atoms with van der Waals surface area (Å²) in [6, 6.07) is 173. The van der Waals surface area contributed by atoms with Gasteiger partial charge in [0.05, 0.1) is 21.7 Å². The Morgan fingerprint density at radius 1 is 0.158 bits per heavy atom. The molecule has 0 heterocycles. The Balaban J connectivity index is 0.731. The molecule has 5 aliphatic rings. The van der Waals surface area contributed by atoms with Crippen molar-refractivity contribution in [2.45, 2.75) is 59.7 Å². The zero-order valence-electron chi connectivity index (χ0n) is 67.4. The van der Waals surface area contributed by atoms with Gasteiger partial charge in [0.15, 0.2) is 0 Å². The van der Waals surface area contributed by atoms with Gasteiger partial charge < -0.3 is 9.80 Å². The fraction of sp³-hybridized carbons (Fsp3) is 0.0847.